The van der Waals surface area contributed by atoms with E-state index in [0.717, 1.165) is 45.0 Å². The Bertz CT molecular complexity index is 671. The molecule has 0 radical (unpaired) electrons. The first-order chi connectivity index (χ1) is 13.1. The smallest absolute Gasteiger partial charge is 0.265 e. The van der Waals surface area contributed by atoms with Gasteiger partial charge in [0.2, 0.25) is 0 Å². The molecule has 5 nitrogen and oxygen atoms in total. The van der Waals surface area contributed by atoms with Crippen LogP contribution in [0.15, 0.2) is 18.2 Å². The van der Waals surface area contributed by atoms with E-state index in [4.69, 9.17) is 9.47 Å². The Balaban J connectivity index is 1.28. The number of ether oxygens (including phenoxy) is 2. The van der Waals surface area contributed by atoms with E-state index in [0.29, 0.717) is 24.3 Å². The molecular formula is C21H29FN2O3. The number of halogens is 1. The Morgan fingerprint density at radius 2 is 2.00 bits per heavy atom. The number of carbonyl (C=O) groups excluding carboxylic acids is 1. The average Bonchev–Trinajstić information content (AvgIpc) is 3.48. The summed E-state index contributed by atoms with van der Waals surface area (Å²) in [6, 6.07) is 4.75. The number of rotatable bonds is 7. The monoisotopic (exact) mass is 376 g/mol. The number of hydrogen-bond donors (Lipinski definition) is 0. The molecule has 0 bridgehead atoms. The van der Waals surface area contributed by atoms with Crippen LogP contribution in [0.5, 0.6) is 5.75 Å². The van der Waals surface area contributed by atoms with Crippen LogP contribution in [0.25, 0.3) is 0 Å². The van der Waals surface area contributed by atoms with E-state index in [1.54, 1.807) is 17.0 Å². The van der Waals surface area contributed by atoms with Crippen LogP contribution < -0.4 is 9.64 Å². The molecule has 4 rings (SSSR count). The summed E-state index contributed by atoms with van der Waals surface area (Å²) < 4.78 is 25.3. The van der Waals surface area contributed by atoms with Gasteiger partial charge < -0.3 is 19.3 Å². The quantitative estimate of drug-likeness (QED) is 0.733. The number of likely N-dealkylation sites (tertiary alicyclic amines) is 1. The predicted octanol–water partition coefficient (Wildman–Crippen LogP) is 3.08. The lowest BCUT2D eigenvalue weighted by Gasteiger charge is -2.36. The highest BCUT2D eigenvalue weighted by Crippen LogP contribution is 2.35. The molecule has 148 valence electrons. The zero-order chi connectivity index (χ0) is 18.8. The Morgan fingerprint density at radius 1 is 1.22 bits per heavy atom. The van der Waals surface area contributed by atoms with Crippen LogP contribution in [0.4, 0.5) is 10.1 Å². The molecule has 1 saturated carbocycles. The Hall–Kier alpha value is -1.66. The van der Waals surface area contributed by atoms with Gasteiger partial charge in [-0.15, -0.1) is 0 Å². The lowest BCUT2D eigenvalue weighted by Crippen LogP contribution is -2.45. The van der Waals surface area contributed by atoms with E-state index < -0.39 is 5.82 Å². The number of piperidine rings is 1. The highest BCUT2D eigenvalue weighted by molar-refractivity contribution is 5.97. The third-order valence-electron chi connectivity index (χ3n) is 5.74. The van der Waals surface area contributed by atoms with Crippen molar-refractivity contribution in [2.45, 2.75) is 38.7 Å². The third-order valence-corrected chi connectivity index (χ3v) is 5.74. The third kappa shape index (κ3) is 4.61. The fourth-order valence-electron chi connectivity index (χ4n) is 4.02. The standard InChI is InChI=1S/C21H29FN2O3/c1-15(11-23-9-7-17(8-10-23)26-13-16-5-6-16)12-24-19-4-2-3-18(22)21(19)27-14-20(24)25/h2-4,15-17H,5-14H2,1H3. The lowest BCUT2D eigenvalue weighted by atomic mass is 10.0. The molecule has 1 saturated heterocycles. The summed E-state index contributed by atoms with van der Waals surface area (Å²) in [6.45, 7) is 6.60. The van der Waals surface area contributed by atoms with Gasteiger partial charge in [-0.2, -0.15) is 0 Å². The maximum absolute atomic E-state index is 14.0. The molecule has 1 atom stereocenters. The largest absolute Gasteiger partial charge is 0.478 e. The number of fused-ring (bicyclic) bond motifs is 1. The highest BCUT2D eigenvalue weighted by atomic mass is 19.1. The second kappa shape index (κ2) is 8.15. The maximum Gasteiger partial charge on any atom is 0.265 e. The fourth-order valence-corrected chi connectivity index (χ4v) is 4.02. The number of carbonyl (C=O) groups is 1. The van der Waals surface area contributed by atoms with Gasteiger partial charge in [0.05, 0.1) is 11.8 Å². The van der Waals surface area contributed by atoms with E-state index in [9.17, 15) is 9.18 Å². The van der Waals surface area contributed by atoms with Gasteiger partial charge in [-0.1, -0.05) is 13.0 Å². The van der Waals surface area contributed by atoms with Gasteiger partial charge in [0.1, 0.15) is 0 Å². The summed E-state index contributed by atoms with van der Waals surface area (Å²) >= 11 is 0. The van der Waals surface area contributed by atoms with Crippen LogP contribution in [0.2, 0.25) is 0 Å². The molecule has 1 aromatic rings. The Labute approximate surface area is 160 Å². The highest BCUT2D eigenvalue weighted by Gasteiger charge is 2.30. The van der Waals surface area contributed by atoms with Gasteiger partial charge in [-0.3, -0.25) is 4.79 Å². The average molecular weight is 376 g/mol. The van der Waals surface area contributed by atoms with Crippen molar-refractivity contribution in [3.05, 3.63) is 24.0 Å². The predicted molar refractivity (Wildman–Crippen MR) is 102 cm³/mol. The molecule has 0 aromatic heterocycles. The zero-order valence-electron chi connectivity index (χ0n) is 16.0. The minimum absolute atomic E-state index is 0.0929. The first-order valence-corrected chi connectivity index (χ1v) is 10.2. The van der Waals surface area contributed by atoms with Gasteiger partial charge in [0.25, 0.3) is 5.91 Å². The van der Waals surface area contributed by atoms with E-state index in [2.05, 4.69) is 11.8 Å². The van der Waals surface area contributed by atoms with Gasteiger partial charge in [-0.05, 0) is 49.7 Å². The number of benzene rings is 1. The summed E-state index contributed by atoms with van der Waals surface area (Å²) in [5.74, 6) is 0.796. The van der Waals surface area contributed by atoms with Crippen molar-refractivity contribution in [2.75, 3.05) is 44.3 Å². The Kier molecular flexibility index (Phi) is 5.64. The van der Waals surface area contributed by atoms with Crippen molar-refractivity contribution in [3.63, 3.8) is 0 Å². The van der Waals surface area contributed by atoms with Crippen LogP contribution in [0.1, 0.15) is 32.6 Å². The molecule has 0 spiro atoms. The van der Waals surface area contributed by atoms with Gasteiger partial charge in [0.15, 0.2) is 18.2 Å². The summed E-state index contributed by atoms with van der Waals surface area (Å²) in [5, 5.41) is 0. The molecule has 1 unspecified atom stereocenters. The summed E-state index contributed by atoms with van der Waals surface area (Å²) in [5.41, 5.74) is 0.547. The van der Waals surface area contributed by atoms with Crippen molar-refractivity contribution in [2.24, 2.45) is 11.8 Å². The number of amides is 1. The summed E-state index contributed by atoms with van der Waals surface area (Å²) in [4.78, 5) is 16.5. The number of nitrogens with zero attached hydrogens (tertiary/aromatic N) is 2. The molecule has 2 fully saturated rings. The molecule has 2 heterocycles. The van der Waals surface area contributed by atoms with E-state index >= 15 is 0 Å². The minimum atomic E-state index is -0.411. The Morgan fingerprint density at radius 3 is 2.74 bits per heavy atom. The first kappa shape index (κ1) is 18.7. The van der Waals surface area contributed by atoms with Crippen LogP contribution in [0, 0.1) is 17.7 Å². The summed E-state index contributed by atoms with van der Waals surface area (Å²) in [6.07, 6.45) is 5.26. The van der Waals surface area contributed by atoms with Gasteiger partial charge in [-0.25, -0.2) is 4.39 Å². The molecule has 1 amide bonds. The molecular weight excluding hydrogens is 347 g/mol. The molecule has 6 heteroatoms. The van der Waals surface area contributed by atoms with Crippen LogP contribution >= 0.6 is 0 Å². The van der Waals surface area contributed by atoms with Gasteiger partial charge >= 0.3 is 0 Å². The van der Waals surface area contributed by atoms with E-state index in [-0.39, 0.29) is 18.3 Å². The molecule has 0 N–H and O–H groups in total. The molecule has 3 aliphatic rings. The number of hydrogen-bond acceptors (Lipinski definition) is 4. The van der Waals surface area contributed by atoms with Crippen molar-refractivity contribution < 1.29 is 18.7 Å². The van der Waals surface area contributed by atoms with Crippen LogP contribution in [0.3, 0.4) is 0 Å². The summed E-state index contributed by atoms with van der Waals surface area (Å²) in [7, 11) is 0. The van der Waals surface area contributed by atoms with Crippen molar-refractivity contribution in [1.82, 2.24) is 4.90 Å². The van der Waals surface area contributed by atoms with Gasteiger partial charge in [0, 0.05) is 32.8 Å². The second-order valence-electron chi connectivity index (χ2n) is 8.26. The van der Waals surface area contributed by atoms with Crippen LogP contribution in [-0.2, 0) is 9.53 Å². The second-order valence-corrected chi connectivity index (χ2v) is 8.26. The normalized spacial score (nSPS) is 22.4. The van der Waals surface area contributed by atoms with Crippen molar-refractivity contribution >= 4 is 11.6 Å². The minimum Gasteiger partial charge on any atom is -0.478 e. The molecule has 2 aliphatic heterocycles. The molecule has 27 heavy (non-hydrogen) atoms. The van der Waals surface area contributed by atoms with E-state index in [1.165, 1.54) is 18.9 Å². The maximum atomic E-state index is 14.0. The zero-order valence-corrected chi connectivity index (χ0v) is 16.0. The first-order valence-electron chi connectivity index (χ1n) is 10.2. The lowest BCUT2D eigenvalue weighted by molar-refractivity contribution is -0.121. The van der Waals surface area contributed by atoms with Crippen LogP contribution in [-0.4, -0.2) is 56.3 Å². The molecule has 1 aliphatic carbocycles. The van der Waals surface area contributed by atoms with E-state index in [1.807, 2.05) is 0 Å². The van der Waals surface area contributed by atoms with Crippen molar-refractivity contribution in [3.8, 4) is 5.75 Å². The number of anilines is 1. The molecule has 1 aromatic carbocycles. The fraction of sp³-hybridized carbons (Fsp3) is 0.667. The SMILES string of the molecule is CC(CN1CCC(OCC2CC2)CC1)CN1C(=O)COc2c(F)cccc21. The number of para-hydroxylation sites is 1. The topological polar surface area (TPSA) is 42.0 Å². The van der Waals surface area contributed by atoms with Crippen molar-refractivity contribution in [1.29, 1.82) is 0 Å².